The highest BCUT2D eigenvalue weighted by Gasteiger charge is 2.63. The first-order chi connectivity index (χ1) is 25.1. The Hall–Kier alpha value is -4.34. The SMILES string of the molecule is COc1ccc(C(=O)N2C[C@H]3CN4C(=O)[C@H](NC(=O)OC(C)(C)C)CCCCC/C=C\[C@@H]5C[C@]5(C(=O)NS(=O)(=O)C5CC5)NC(=O)[C@@H]4[C@H]3C2)cc1OC. The van der Waals surface area contributed by atoms with Crippen LogP contribution in [0.1, 0.15) is 82.5 Å². The highest BCUT2D eigenvalue weighted by Crippen LogP contribution is 2.47. The smallest absolute Gasteiger partial charge is 0.408 e. The molecular weight excluding hydrogens is 706 g/mol. The molecule has 0 aromatic heterocycles. The van der Waals surface area contributed by atoms with E-state index in [2.05, 4.69) is 15.4 Å². The van der Waals surface area contributed by atoms with Gasteiger partial charge in [-0.15, -0.1) is 0 Å². The Labute approximate surface area is 310 Å². The average molecular weight is 758 g/mol. The van der Waals surface area contributed by atoms with Crippen LogP contribution in [0.25, 0.3) is 0 Å². The molecule has 290 valence electrons. The second-order valence-electron chi connectivity index (χ2n) is 15.9. The van der Waals surface area contributed by atoms with Crippen LogP contribution in [-0.4, -0.2) is 110 Å². The van der Waals surface area contributed by atoms with E-state index in [0.717, 1.165) is 12.8 Å². The van der Waals surface area contributed by atoms with E-state index in [1.54, 1.807) is 43.9 Å². The minimum absolute atomic E-state index is 0.127. The zero-order valence-electron chi connectivity index (χ0n) is 31.0. The molecule has 3 heterocycles. The van der Waals surface area contributed by atoms with Crippen LogP contribution in [0, 0.1) is 17.8 Å². The van der Waals surface area contributed by atoms with Crippen molar-refractivity contribution in [1.82, 2.24) is 25.2 Å². The molecule has 3 aliphatic heterocycles. The summed E-state index contributed by atoms with van der Waals surface area (Å²) in [6, 6.07) is 2.77. The molecule has 0 bridgehead atoms. The molecule has 1 aromatic carbocycles. The van der Waals surface area contributed by atoms with Crippen molar-refractivity contribution in [3.63, 3.8) is 0 Å². The number of benzene rings is 1. The quantitative estimate of drug-likeness (QED) is 0.349. The summed E-state index contributed by atoms with van der Waals surface area (Å²) < 4.78 is 44.1. The highest BCUT2D eigenvalue weighted by molar-refractivity contribution is 7.91. The maximum atomic E-state index is 14.6. The Morgan fingerprint density at radius 2 is 1.70 bits per heavy atom. The van der Waals surface area contributed by atoms with Gasteiger partial charge >= 0.3 is 6.09 Å². The fourth-order valence-electron chi connectivity index (χ4n) is 7.84. The third kappa shape index (κ3) is 8.26. The van der Waals surface area contributed by atoms with Crippen LogP contribution in [0.4, 0.5) is 4.79 Å². The lowest BCUT2D eigenvalue weighted by Crippen LogP contribution is -2.60. The lowest BCUT2D eigenvalue weighted by atomic mass is 9.93. The van der Waals surface area contributed by atoms with Gasteiger partial charge in [0.1, 0.15) is 23.2 Å². The molecule has 0 spiro atoms. The Kier molecular flexibility index (Phi) is 10.7. The lowest BCUT2D eigenvalue weighted by molar-refractivity contribution is -0.142. The number of nitrogens with zero attached hydrogens (tertiary/aromatic N) is 2. The van der Waals surface area contributed by atoms with Crippen LogP contribution in [0.15, 0.2) is 30.4 Å². The summed E-state index contributed by atoms with van der Waals surface area (Å²) in [5, 5.41) is 5.02. The molecule has 16 heteroatoms. The molecule has 15 nitrogen and oxygen atoms in total. The number of hydrogen-bond donors (Lipinski definition) is 3. The molecule has 5 aliphatic rings. The zero-order valence-corrected chi connectivity index (χ0v) is 31.8. The van der Waals surface area contributed by atoms with Gasteiger partial charge in [0.25, 0.3) is 11.8 Å². The molecule has 2 aliphatic carbocycles. The van der Waals surface area contributed by atoms with Crippen molar-refractivity contribution >= 4 is 39.7 Å². The summed E-state index contributed by atoms with van der Waals surface area (Å²) in [7, 11) is -0.930. The van der Waals surface area contributed by atoms with Gasteiger partial charge in [-0.05, 0) is 77.5 Å². The van der Waals surface area contributed by atoms with E-state index in [0.29, 0.717) is 49.2 Å². The molecule has 6 rings (SSSR count). The number of methoxy groups -OCH3 is 2. The minimum atomic E-state index is -3.91. The van der Waals surface area contributed by atoms with Gasteiger partial charge in [0.2, 0.25) is 21.8 Å². The molecule has 2 saturated heterocycles. The van der Waals surface area contributed by atoms with Crippen molar-refractivity contribution in [3.05, 3.63) is 35.9 Å². The van der Waals surface area contributed by atoms with Crippen molar-refractivity contribution in [2.45, 2.75) is 101 Å². The van der Waals surface area contributed by atoms with Gasteiger partial charge in [-0.1, -0.05) is 25.0 Å². The van der Waals surface area contributed by atoms with Gasteiger partial charge < -0.3 is 34.6 Å². The number of allylic oxidation sites excluding steroid dienone is 1. The summed E-state index contributed by atoms with van der Waals surface area (Å²) in [6.45, 7) is 5.70. The molecule has 2 saturated carbocycles. The summed E-state index contributed by atoms with van der Waals surface area (Å²) in [5.74, 6) is -2.56. The van der Waals surface area contributed by atoms with Gasteiger partial charge in [-0.3, -0.25) is 23.9 Å². The summed E-state index contributed by atoms with van der Waals surface area (Å²) in [6.07, 6.45) is 7.35. The number of rotatable bonds is 7. The normalized spacial score (nSPS) is 29.6. The van der Waals surface area contributed by atoms with Crippen LogP contribution >= 0.6 is 0 Å². The maximum Gasteiger partial charge on any atom is 0.408 e. The Morgan fingerprint density at radius 1 is 0.962 bits per heavy atom. The predicted molar refractivity (Wildman–Crippen MR) is 192 cm³/mol. The van der Waals surface area contributed by atoms with E-state index in [9.17, 15) is 32.4 Å². The van der Waals surface area contributed by atoms with Crippen LogP contribution < -0.4 is 24.8 Å². The molecule has 0 radical (unpaired) electrons. The van der Waals surface area contributed by atoms with Crippen LogP contribution in [0.2, 0.25) is 0 Å². The number of likely N-dealkylation sites (tertiary alicyclic amines) is 1. The number of alkyl carbamates (subject to hydrolysis) is 1. The molecule has 4 fully saturated rings. The maximum absolute atomic E-state index is 14.6. The van der Waals surface area contributed by atoms with Gasteiger partial charge in [-0.25, -0.2) is 13.2 Å². The summed E-state index contributed by atoms with van der Waals surface area (Å²) in [4.78, 5) is 72.7. The standard InChI is InChI=1S/C37H51N5O10S/c1-36(2,3)52-35(47)38-27-12-10-8-6-7-9-11-24-18-37(24,34(46)40-53(48,49)25-14-15-25)39-31(43)30-26-21-41(19-23(26)20-42(30)33(27)45)32(44)22-13-16-28(50-4)29(17-22)51-5/h9,11,13,16-17,23-27,30H,6-8,10,12,14-15,18-21H2,1-5H3,(H,38,47)(H,39,43)(H,40,46)/b11-9-/t23-,24+,26-,27+,30-,37-/m0/s1. The van der Waals surface area contributed by atoms with E-state index in [-0.39, 0.29) is 37.9 Å². The largest absolute Gasteiger partial charge is 0.493 e. The molecule has 0 unspecified atom stereocenters. The third-order valence-corrected chi connectivity index (χ3v) is 12.6. The topological polar surface area (TPSA) is 190 Å². The minimum Gasteiger partial charge on any atom is -0.493 e. The van der Waals surface area contributed by atoms with E-state index >= 15 is 0 Å². The van der Waals surface area contributed by atoms with E-state index in [1.807, 2.05) is 12.2 Å². The number of sulfonamides is 1. The zero-order chi connectivity index (χ0) is 38.3. The third-order valence-electron chi connectivity index (χ3n) is 10.8. The van der Waals surface area contributed by atoms with Crippen molar-refractivity contribution in [2.75, 3.05) is 33.9 Å². The number of carbonyl (C=O) groups excluding carboxylic acids is 5. The van der Waals surface area contributed by atoms with Gasteiger partial charge in [0.15, 0.2) is 11.5 Å². The Morgan fingerprint density at radius 3 is 2.38 bits per heavy atom. The molecular formula is C37H51N5O10S. The first kappa shape index (κ1) is 38.4. The van der Waals surface area contributed by atoms with E-state index < -0.39 is 74.1 Å². The van der Waals surface area contributed by atoms with Gasteiger partial charge in [0, 0.05) is 43.0 Å². The van der Waals surface area contributed by atoms with Crippen molar-refractivity contribution < 1.29 is 46.6 Å². The molecule has 53 heavy (non-hydrogen) atoms. The van der Waals surface area contributed by atoms with E-state index in [1.165, 1.54) is 19.1 Å². The van der Waals surface area contributed by atoms with Crippen LogP contribution in [0.5, 0.6) is 11.5 Å². The highest BCUT2D eigenvalue weighted by atomic mass is 32.2. The second-order valence-corrected chi connectivity index (χ2v) is 17.8. The second kappa shape index (κ2) is 14.8. The van der Waals surface area contributed by atoms with Crippen molar-refractivity contribution in [1.29, 1.82) is 0 Å². The number of hydrogen-bond acceptors (Lipinski definition) is 10. The van der Waals surface area contributed by atoms with Crippen molar-refractivity contribution in [3.8, 4) is 11.5 Å². The fourth-order valence-corrected chi connectivity index (χ4v) is 9.20. The number of ether oxygens (including phenoxy) is 3. The molecule has 1 aromatic rings. The summed E-state index contributed by atoms with van der Waals surface area (Å²) in [5.41, 5.74) is -1.97. The number of fused-ring (bicyclic) bond motifs is 4. The number of carbonyl (C=O) groups is 5. The Bertz CT molecular complexity index is 1770. The first-order valence-corrected chi connectivity index (χ1v) is 20.0. The van der Waals surface area contributed by atoms with Gasteiger partial charge in [-0.2, -0.15) is 0 Å². The predicted octanol–water partition coefficient (Wildman–Crippen LogP) is 2.50. The monoisotopic (exact) mass is 757 g/mol. The fraction of sp³-hybridized carbons (Fsp3) is 0.649. The summed E-state index contributed by atoms with van der Waals surface area (Å²) >= 11 is 0. The van der Waals surface area contributed by atoms with Crippen molar-refractivity contribution in [2.24, 2.45) is 17.8 Å². The van der Waals surface area contributed by atoms with Crippen LogP contribution in [0.3, 0.4) is 0 Å². The van der Waals surface area contributed by atoms with Crippen LogP contribution in [-0.2, 0) is 29.1 Å². The lowest BCUT2D eigenvalue weighted by Gasteiger charge is -2.33. The van der Waals surface area contributed by atoms with Gasteiger partial charge in [0.05, 0.1) is 19.5 Å². The number of nitrogens with one attached hydrogen (secondary N) is 3. The molecule has 3 N–H and O–H groups in total. The average Bonchev–Trinajstić information content (AvgIpc) is 3.99. The Balaban J connectivity index is 1.31. The molecule has 6 atom stereocenters. The molecule has 5 amide bonds. The first-order valence-electron chi connectivity index (χ1n) is 18.4. The van der Waals surface area contributed by atoms with E-state index in [4.69, 9.17) is 14.2 Å². The number of amides is 5.